The van der Waals surface area contributed by atoms with Crippen molar-refractivity contribution in [1.29, 1.82) is 0 Å². The number of carbonyl (C=O) groups excluding carboxylic acids is 1. The molecule has 18 heavy (non-hydrogen) atoms. The fourth-order valence-electron chi connectivity index (χ4n) is 1.29. The molecule has 0 aliphatic heterocycles. The molecule has 1 rings (SSSR count). The predicted octanol–water partition coefficient (Wildman–Crippen LogP) is 2.97. The summed E-state index contributed by atoms with van der Waals surface area (Å²) in [5.74, 6) is -0.323. The molecule has 5 nitrogen and oxygen atoms in total. The molecule has 5 heteroatoms. The van der Waals surface area contributed by atoms with Crippen molar-refractivity contribution in [3.05, 3.63) is 58.2 Å². The zero-order valence-electron chi connectivity index (χ0n) is 10.2. The van der Waals surface area contributed by atoms with E-state index in [9.17, 15) is 14.9 Å². The van der Waals surface area contributed by atoms with Gasteiger partial charge in [-0.15, -0.1) is 0 Å². The lowest BCUT2D eigenvalue weighted by Gasteiger charge is -2.05. The molecule has 1 N–H and O–H groups in total. The van der Waals surface area contributed by atoms with Crippen molar-refractivity contribution in [3.63, 3.8) is 0 Å². The third-order valence-corrected chi connectivity index (χ3v) is 2.24. The molecular formula is C13H14N2O3. The Kier molecular flexibility index (Phi) is 4.80. The van der Waals surface area contributed by atoms with E-state index in [2.05, 4.69) is 5.32 Å². The molecular weight excluding hydrogens is 232 g/mol. The van der Waals surface area contributed by atoms with Gasteiger partial charge in [0.15, 0.2) is 0 Å². The molecule has 0 unspecified atom stereocenters. The van der Waals surface area contributed by atoms with Crippen LogP contribution in [-0.2, 0) is 4.79 Å². The Morgan fingerprint density at radius 2 is 2.11 bits per heavy atom. The number of nitro benzene ring substituents is 1. The second kappa shape index (κ2) is 6.34. The number of anilines is 1. The molecule has 0 spiro atoms. The molecule has 0 aliphatic carbocycles. The lowest BCUT2D eigenvalue weighted by Crippen LogP contribution is -2.09. The number of benzene rings is 1. The minimum atomic E-state index is -0.495. The van der Waals surface area contributed by atoms with Crippen LogP contribution in [-0.4, -0.2) is 10.8 Å². The Morgan fingerprint density at radius 1 is 1.39 bits per heavy atom. The number of nitrogens with one attached hydrogen (secondary N) is 1. The summed E-state index contributed by atoms with van der Waals surface area (Å²) in [6.45, 7) is 3.61. The van der Waals surface area contributed by atoms with Crippen LogP contribution in [0.2, 0.25) is 0 Å². The van der Waals surface area contributed by atoms with E-state index in [-0.39, 0.29) is 11.6 Å². The van der Waals surface area contributed by atoms with Crippen molar-refractivity contribution in [2.75, 3.05) is 5.32 Å². The van der Waals surface area contributed by atoms with E-state index in [1.165, 1.54) is 18.2 Å². The van der Waals surface area contributed by atoms with E-state index in [1.54, 1.807) is 31.2 Å². The van der Waals surface area contributed by atoms with E-state index in [4.69, 9.17) is 0 Å². The summed E-state index contributed by atoms with van der Waals surface area (Å²) >= 11 is 0. The minimum Gasteiger partial charge on any atom is -0.322 e. The number of carbonyl (C=O) groups is 1. The lowest BCUT2D eigenvalue weighted by atomic mass is 10.2. The largest absolute Gasteiger partial charge is 0.322 e. The highest BCUT2D eigenvalue weighted by Crippen LogP contribution is 2.21. The maximum Gasteiger partial charge on any atom is 0.271 e. The first-order valence-corrected chi connectivity index (χ1v) is 5.40. The summed E-state index contributed by atoms with van der Waals surface area (Å²) in [5.41, 5.74) is 1.17. The van der Waals surface area contributed by atoms with Gasteiger partial charge in [-0.05, 0) is 19.4 Å². The molecule has 1 aromatic rings. The van der Waals surface area contributed by atoms with Crippen LogP contribution in [0.15, 0.2) is 42.5 Å². The molecule has 0 bridgehead atoms. The highest BCUT2D eigenvalue weighted by Gasteiger charge is 2.09. The number of nitro groups is 1. The van der Waals surface area contributed by atoms with E-state index < -0.39 is 4.92 Å². The van der Waals surface area contributed by atoms with E-state index >= 15 is 0 Å². The van der Waals surface area contributed by atoms with Crippen LogP contribution >= 0.6 is 0 Å². The number of rotatable bonds is 4. The first kappa shape index (κ1) is 13.6. The molecule has 0 aliphatic rings. The van der Waals surface area contributed by atoms with Crippen LogP contribution in [0.1, 0.15) is 12.5 Å². The summed E-state index contributed by atoms with van der Waals surface area (Å²) in [5, 5.41) is 13.2. The van der Waals surface area contributed by atoms with E-state index in [1.807, 2.05) is 6.92 Å². The van der Waals surface area contributed by atoms with Gasteiger partial charge in [-0.2, -0.15) is 0 Å². The Morgan fingerprint density at radius 3 is 2.72 bits per heavy atom. The van der Waals surface area contributed by atoms with Gasteiger partial charge in [0.25, 0.3) is 5.69 Å². The van der Waals surface area contributed by atoms with Crippen LogP contribution in [0.25, 0.3) is 0 Å². The number of allylic oxidation sites excluding steroid dienone is 3. The minimum absolute atomic E-state index is 0.0478. The molecule has 0 saturated carbocycles. The van der Waals surface area contributed by atoms with Crippen molar-refractivity contribution in [1.82, 2.24) is 0 Å². The summed E-state index contributed by atoms with van der Waals surface area (Å²) < 4.78 is 0. The van der Waals surface area contributed by atoms with Gasteiger partial charge in [0.05, 0.1) is 10.6 Å². The van der Waals surface area contributed by atoms with Crippen LogP contribution in [0.4, 0.5) is 11.4 Å². The Labute approximate surface area is 105 Å². The van der Waals surface area contributed by atoms with Crippen LogP contribution in [0, 0.1) is 17.0 Å². The summed E-state index contributed by atoms with van der Waals surface area (Å²) in [6.07, 6.45) is 6.47. The first-order valence-electron chi connectivity index (χ1n) is 5.40. The van der Waals surface area contributed by atoms with Crippen molar-refractivity contribution >= 4 is 17.3 Å². The van der Waals surface area contributed by atoms with Crippen LogP contribution in [0.3, 0.4) is 0 Å². The Balaban J connectivity index is 2.86. The third kappa shape index (κ3) is 3.86. The lowest BCUT2D eigenvalue weighted by molar-refractivity contribution is -0.384. The second-order valence-corrected chi connectivity index (χ2v) is 3.63. The van der Waals surface area contributed by atoms with Crippen LogP contribution in [0.5, 0.6) is 0 Å². The third-order valence-electron chi connectivity index (χ3n) is 2.24. The monoisotopic (exact) mass is 246 g/mol. The fourth-order valence-corrected chi connectivity index (χ4v) is 1.29. The number of hydrogen-bond acceptors (Lipinski definition) is 3. The van der Waals surface area contributed by atoms with Crippen molar-refractivity contribution in [3.8, 4) is 0 Å². The highest BCUT2D eigenvalue weighted by atomic mass is 16.6. The van der Waals surface area contributed by atoms with Gasteiger partial charge in [0.2, 0.25) is 5.91 Å². The van der Waals surface area contributed by atoms with Crippen molar-refractivity contribution < 1.29 is 9.72 Å². The van der Waals surface area contributed by atoms with Crippen molar-refractivity contribution in [2.24, 2.45) is 0 Å². The molecule has 0 fully saturated rings. The van der Waals surface area contributed by atoms with Crippen LogP contribution < -0.4 is 5.32 Å². The molecule has 0 aromatic heterocycles. The highest BCUT2D eigenvalue weighted by molar-refractivity contribution is 6.00. The molecule has 1 amide bonds. The number of nitrogens with zero attached hydrogens (tertiary/aromatic N) is 1. The summed E-state index contributed by atoms with van der Waals surface area (Å²) in [4.78, 5) is 21.7. The number of hydrogen-bond donors (Lipinski definition) is 1. The molecule has 0 heterocycles. The second-order valence-electron chi connectivity index (χ2n) is 3.63. The topological polar surface area (TPSA) is 72.2 Å². The van der Waals surface area contributed by atoms with Gasteiger partial charge in [0.1, 0.15) is 0 Å². The molecule has 94 valence electrons. The average molecular weight is 246 g/mol. The maximum absolute atomic E-state index is 11.5. The molecule has 1 aromatic carbocycles. The van der Waals surface area contributed by atoms with Gasteiger partial charge in [-0.3, -0.25) is 14.9 Å². The van der Waals surface area contributed by atoms with Gasteiger partial charge in [0, 0.05) is 18.2 Å². The Hall–Kier alpha value is -2.43. The summed E-state index contributed by atoms with van der Waals surface area (Å²) in [7, 11) is 0. The van der Waals surface area contributed by atoms with Gasteiger partial charge < -0.3 is 5.32 Å². The zero-order valence-corrected chi connectivity index (χ0v) is 10.2. The predicted molar refractivity (Wildman–Crippen MR) is 70.4 cm³/mol. The molecule has 0 saturated heterocycles. The quantitative estimate of drug-likeness (QED) is 0.384. The zero-order chi connectivity index (χ0) is 13.5. The number of aryl methyl sites for hydroxylation is 1. The van der Waals surface area contributed by atoms with E-state index in [0.29, 0.717) is 5.69 Å². The van der Waals surface area contributed by atoms with E-state index in [0.717, 1.165) is 5.56 Å². The van der Waals surface area contributed by atoms with Gasteiger partial charge in [-0.1, -0.05) is 24.3 Å². The number of non-ortho nitro benzene ring substituents is 1. The standard InChI is InChI=1S/C13H14N2O3/c1-3-4-5-6-13(16)14-12-9-11(15(17)18)8-7-10(12)2/h3-9H,1-2H3,(H,14,16). The maximum atomic E-state index is 11.5. The average Bonchev–Trinajstić information content (AvgIpc) is 2.32. The van der Waals surface area contributed by atoms with Gasteiger partial charge in [-0.25, -0.2) is 0 Å². The SMILES string of the molecule is CC=CC=CC(=O)Nc1cc([N+](=O)[O-])ccc1C. The Bertz CT molecular complexity index is 519. The number of amides is 1. The fraction of sp³-hybridized carbons (Fsp3) is 0.154. The normalized spacial score (nSPS) is 11.0. The smallest absolute Gasteiger partial charge is 0.271 e. The van der Waals surface area contributed by atoms with Gasteiger partial charge >= 0.3 is 0 Å². The first-order chi connectivity index (χ1) is 8.54. The van der Waals surface area contributed by atoms with Crippen molar-refractivity contribution in [2.45, 2.75) is 13.8 Å². The molecule has 0 atom stereocenters. The summed E-state index contributed by atoms with van der Waals surface area (Å²) in [6, 6.07) is 4.35. The molecule has 0 radical (unpaired) electrons.